The minimum Gasteiger partial charge on any atom is -0.444 e. The summed E-state index contributed by atoms with van der Waals surface area (Å²) in [5, 5.41) is 13.8. The third-order valence-corrected chi connectivity index (χ3v) is 6.68. The van der Waals surface area contributed by atoms with E-state index < -0.39 is 11.7 Å². The van der Waals surface area contributed by atoms with E-state index in [0.29, 0.717) is 19.0 Å². The molecule has 2 N–H and O–H groups in total. The zero-order valence-corrected chi connectivity index (χ0v) is 20.7. The van der Waals surface area contributed by atoms with Crippen LogP contribution in [-0.4, -0.2) is 71.0 Å². The normalized spacial score (nSPS) is 22.1. The van der Waals surface area contributed by atoms with Crippen molar-refractivity contribution < 1.29 is 14.6 Å². The van der Waals surface area contributed by atoms with Gasteiger partial charge in [-0.05, 0) is 57.7 Å². The van der Waals surface area contributed by atoms with E-state index in [0.717, 1.165) is 38.0 Å². The van der Waals surface area contributed by atoms with Crippen LogP contribution < -0.4 is 5.32 Å². The Kier molecular flexibility index (Phi) is 7.79. The van der Waals surface area contributed by atoms with E-state index in [4.69, 9.17) is 4.74 Å². The predicted octanol–water partition coefficient (Wildman–Crippen LogP) is 4.72. The minimum absolute atomic E-state index is 0.171. The van der Waals surface area contributed by atoms with Crippen LogP contribution >= 0.6 is 0 Å². The Morgan fingerprint density at radius 3 is 2.32 bits per heavy atom. The van der Waals surface area contributed by atoms with Crippen molar-refractivity contribution in [3.05, 3.63) is 66.2 Å². The first-order valence-electron chi connectivity index (χ1n) is 12.6. The van der Waals surface area contributed by atoms with E-state index >= 15 is 0 Å². The second kappa shape index (κ2) is 10.8. The first kappa shape index (κ1) is 24.6. The molecule has 2 aliphatic rings. The van der Waals surface area contributed by atoms with Gasteiger partial charge in [0.25, 0.3) is 0 Å². The van der Waals surface area contributed by atoms with Gasteiger partial charge in [-0.15, -0.1) is 0 Å². The maximum atomic E-state index is 13.2. The monoisotopic (exact) mass is 465 g/mol. The van der Waals surface area contributed by atoms with Gasteiger partial charge in [-0.2, -0.15) is 0 Å². The molecule has 0 aromatic heterocycles. The van der Waals surface area contributed by atoms with Gasteiger partial charge in [0, 0.05) is 49.9 Å². The van der Waals surface area contributed by atoms with Crippen molar-refractivity contribution in [1.29, 1.82) is 0 Å². The highest BCUT2D eigenvalue weighted by atomic mass is 16.6. The number of ether oxygens (including phenoxy) is 1. The van der Waals surface area contributed by atoms with Crippen molar-refractivity contribution in [3.8, 4) is 0 Å². The summed E-state index contributed by atoms with van der Waals surface area (Å²) >= 11 is 0. The first-order valence-corrected chi connectivity index (χ1v) is 12.6. The zero-order valence-electron chi connectivity index (χ0n) is 20.7. The van der Waals surface area contributed by atoms with Crippen LogP contribution in [0.2, 0.25) is 0 Å². The largest absolute Gasteiger partial charge is 0.444 e. The Hall–Kier alpha value is -2.57. The number of anilines is 1. The van der Waals surface area contributed by atoms with Crippen LogP contribution in [0.3, 0.4) is 0 Å². The lowest BCUT2D eigenvalue weighted by molar-refractivity contribution is 0.00291. The third-order valence-electron chi connectivity index (χ3n) is 6.68. The number of nitrogens with zero attached hydrogens (tertiary/aromatic N) is 2. The number of rotatable bonds is 8. The fraction of sp³-hybridized carbons (Fsp3) is 0.536. The molecular formula is C28H39N3O3. The zero-order chi connectivity index (χ0) is 24.1. The van der Waals surface area contributed by atoms with Crippen molar-refractivity contribution >= 4 is 11.8 Å². The summed E-state index contributed by atoms with van der Waals surface area (Å²) < 4.78 is 5.83. The number of hydrogen-bond donors (Lipinski definition) is 2. The van der Waals surface area contributed by atoms with Crippen LogP contribution in [0.15, 0.2) is 60.7 Å². The van der Waals surface area contributed by atoms with Gasteiger partial charge in [0.15, 0.2) is 0 Å². The molecule has 2 aromatic carbocycles. The first-order chi connectivity index (χ1) is 16.3. The molecule has 6 heteroatoms. The van der Waals surface area contributed by atoms with E-state index in [2.05, 4.69) is 34.5 Å². The van der Waals surface area contributed by atoms with Crippen molar-refractivity contribution in [2.24, 2.45) is 0 Å². The fourth-order valence-electron chi connectivity index (χ4n) is 4.95. The van der Waals surface area contributed by atoms with Gasteiger partial charge in [0.2, 0.25) is 0 Å². The number of amides is 1. The molecule has 2 fully saturated rings. The number of β-amino-alcohol motifs (C(OH)–C–C–N with tert-alkyl or cyclic N) is 1. The minimum atomic E-state index is -0.511. The highest BCUT2D eigenvalue weighted by molar-refractivity contribution is 5.70. The third kappa shape index (κ3) is 6.73. The molecule has 1 amide bonds. The second-order valence-electron chi connectivity index (χ2n) is 10.6. The van der Waals surface area contributed by atoms with Crippen LogP contribution in [0.1, 0.15) is 51.5 Å². The van der Waals surface area contributed by atoms with Crippen molar-refractivity contribution in [3.63, 3.8) is 0 Å². The van der Waals surface area contributed by atoms with Crippen LogP contribution in [0.25, 0.3) is 0 Å². The van der Waals surface area contributed by atoms with Crippen molar-refractivity contribution in [2.45, 2.75) is 69.7 Å². The summed E-state index contributed by atoms with van der Waals surface area (Å²) in [6.45, 7) is 8.68. The molecule has 6 nitrogen and oxygen atoms in total. The Morgan fingerprint density at radius 2 is 1.71 bits per heavy atom. The van der Waals surface area contributed by atoms with Crippen molar-refractivity contribution in [1.82, 2.24) is 9.80 Å². The van der Waals surface area contributed by atoms with E-state index in [9.17, 15) is 9.90 Å². The maximum Gasteiger partial charge on any atom is 0.410 e. The molecule has 34 heavy (non-hydrogen) atoms. The van der Waals surface area contributed by atoms with E-state index in [-0.39, 0.29) is 18.2 Å². The van der Waals surface area contributed by atoms with Gasteiger partial charge in [-0.3, -0.25) is 0 Å². The maximum absolute atomic E-state index is 13.2. The van der Waals surface area contributed by atoms with Crippen LogP contribution in [-0.2, 0) is 4.74 Å². The number of para-hydroxylation sites is 1. The quantitative estimate of drug-likeness (QED) is 0.591. The van der Waals surface area contributed by atoms with Gasteiger partial charge >= 0.3 is 6.09 Å². The SMILES string of the molecule is CC(C)(C)OC(=O)N(C1CCN(CC(O)CNc2ccccc2)CC1)C1CC1c1ccccc1. The van der Waals surface area contributed by atoms with Gasteiger partial charge in [0.1, 0.15) is 5.60 Å². The smallest absolute Gasteiger partial charge is 0.410 e. The second-order valence-corrected chi connectivity index (χ2v) is 10.6. The number of likely N-dealkylation sites (tertiary alicyclic amines) is 1. The molecule has 3 unspecified atom stereocenters. The van der Waals surface area contributed by atoms with Gasteiger partial charge in [-0.25, -0.2) is 4.79 Å². The molecule has 0 radical (unpaired) electrons. The van der Waals surface area contributed by atoms with Gasteiger partial charge in [0.05, 0.1) is 6.10 Å². The highest BCUT2D eigenvalue weighted by Gasteiger charge is 2.48. The Bertz CT molecular complexity index is 907. The predicted molar refractivity (Wildman–Crippen MR) is 136 cm³/mol. The highest BCUT2D eigenvalue weighted by Crippen LogP contribution is 2.46. The van der Waals surface area contributed by atoms with E-state index in [1.807, 2.05) is 62.1 Å². The lowest BCUT2D eigenvalue weighted by Gasteiger charge is -2.40. The number of aliphatic hydroxyl groups excluding tert-OH is 1. The molecule has 0 bridgehead atoms. The topological polar surface area (TPSA) is 65.0 Å². The number of nitrogens with one attached hydrogen (secondary N) is 1. The Morgan fingerprint density at radius 1 is 1.09 bits per heavy atom. The number of hydrogen-bond acceptors (Lipinski definition) is 5. The van der Waals surface area contributed by atoms with Crippen molar-refractivity contribution in [2.75, 3.05) is 31.5 Å². The molecular weight excluding hydrogens is 426 g/mol. The molecule has 4 rings (SSSR count). The Labute approximate surface area is 203 Å². The summed E-state index contributed by atoms with van der Waals surface area (Å²) in [6.07, 6.45) is 2.16. The van der Waals surface area contributed by atoms with Crippen LogP contribution in [0.5, 0.6) is 0 Å². The van der Waals surface area contributed by atoms with E-state index in [1.165, 1.54) is 5.56 Å². The summed E-state index contributed by atoms with van der Waals surface area (Å²) in [4.78, 5) is 17.6. The molecule has 1 aliphatic carbocycles. The summed E-state index contributed by atoms with van der Waals surface area (Å²) in [5.74, 6) is 0.387. The summed E-state index contributed by atoms with van der Waals surface area (Å²) in [5.41, 5.74) is 1.81. The number of carbonyl (C=O) groups excluding carboxylic acids is 1. The fourth-order valence-corrected chi connectivity index (χ4v) is 4.95. The molecule has 0 spiro atoms. The molecule has 1 aliphatic heterocycles. The Balaban J connectivity index is 1.32. The molecule has 2 aromatic rings. The van der Waals surface area contributed by atoms with Gasteiger partial charge < -0.3 is 25.0 Å². The van der Waals surface area contributed by atoms with Crippen LogP contribution in [0, 0.1) is 0 Å². The van der Waals surface area contributed by atoms with Gasteiger partial charge in [-0.1, -0.05) is 48.5 Å². The molecule has 1 saturated heterocycles. The molecule has 1 heterocycles. The number of carbonyl (C=O) groups is 1. The number of aliphatic hydroxyl groups is 1. The lowest BCUT2D eigenvalue weighted by atomic mass is 10.0. The average Bonchev–Trinajstić information content (AvgIpc) is 3.59. The molecule has 3 atom stereocenters. The number of benzene rings is 2. The summed E-state index contributed by atoms with van der Waals surface area (Å²) in [6, 6.07) is 20.8. The van der Waals surface area contributed by atoms with Crippen LogP contribution in [0.4, 0.5) is 10.5 Å². The van der Waals surface area contributed by atoms with E-state index in [1.54, 1.807) is 0 Å². The summed E-state index contributed by atoms with van der Waals surface area (Å²) in [7, 11) is 0. The molecule has 184 valence electrons. The lowest BCUT2D eigenvalue weighted by Crippen LogP contribution is -2.51. The molecule has 1 saturated carbocycles. The average molecular weight is 466 g/mol. The number of piperidine rings is 1. The standard InChI is InChI=1S/C28H39N3O3/c1-28(2,3)34-27(33)31(26-18-25(26)21-10-6-4-7-11-21)23-14-16-30(17-15-23)20-24(32)19-29-22-12-8-5-9-13-22/h4-13,23-26,29,32H,14-20H2,1-3H3.